The van der Waals surface area contributed by atoms with E-state index < -0.39 is 31.7 Å². The van der Waals surface area contributed by atoms with Gasteiger partial charge in [0.25, 0.3) is 10.0 Å². The fraction of sp³-hybridized carbons (Fsp3) is 0.250. The van der Waals surface area contributed by atoms with E-state index >= 15 is 0 Å². The van der Waals surface area contributed by atoms with Gasteiger partial charge >= 0.3 is 0 Å². The lowest BCUT2D eigenvalue weighted by Crippen LogP contribution is -2.37. The summed E-state index contributed by atoms with van der Waals surface area (Å²) in [5.41, 5.74) is 0.234. The Bertz CT molecular complexity index is 724. The van der Waals surface area contributed by atoms with E-state index in [1.54, 1.807) is 10.2 Å². The van der Waals surface area contributed by atoms with E-state index in [1.807, 2.05) is 0 Å². The van der Waals surface area contributed by atoms with E-state index in [2.05, 4.69) is 11.9 Å². The fourth-order valence-electron chi connectivity index (χ4n) is 1.31. The SMILES string of the molecule is C=C(C)C(=O)NCCS(=O)(=O)NS(=O)(=O)c1ccccc1. The van der Waals surface area contributed by atoms with E-state index in [4.69, 9.17) is 0 Å². The van der Waals surface area contributed by atoms with Crippen molar-refractivity contribution in [3.05, 3.63) is 42.5 Å². The van der Waals surface area contributed by atoms with Crippen LogP contribution in [0.2, 0.25) is 0 Å². The Morgan fingerprint density at radius 1 is 1.14 bits per heavy atom. The maximum Gasteiger partial charge on any atom is 0.253 e. The Hall–Kier alpha value is -1.71. The highest BCUT2D eigenvalue weighted by Crippen LogP contribution is 2.08. The van der Waals surface area contributed by atoms with Crippen molar-refractivity contribution < 1.29 is 21.6 Å². The van der Waals surface area contributed by atoms with Crippen LogP contribution < -0.4 is 9.44 Å². The molecule has 9 heteroatoms. The molecule has 0 saturated heterocycles. The van der Waals surface area contributed by atoms with Crippen LogP contribution in [0.1, 0.15) is 6.92 Å². The van der Waals surface area contributed by atoms with Crippen molar-refractivity contribution in [2.24, 2.45) is 0 Å². The van der Waals surface area contributed by atoms with Crippen molar-refractivity contribution in [3.8, 4) is 0 Å². The predicted octanol–water partition coefficient (Wildman–Crippen LogP) is -0.0130. The molecule has 116 valence electrons. The third-order valence-corrected chi connectivity index (χ3v) is 5.86. The smallest absolute Gasteiger partial charge is 0.253 e. The zero-order valence-electron chi connectivity index (χ0n) is 11.4. The Kier molecular flexibility index (Phi) is 5.64. The van der Waals surface area contributed by atoms with Gasteiger partial charge in [0, 0.05) is 12.1 Å². The fourth-order valence-corrected chi connectivity index (χ4v) is 4.25. The quantitative estimate of drug-likeness (QED) is 0.682. The van der Waals surface area contributed by atoms with Gasteiger partial charge in [-0.25, -0.2) is 16.8 Å². The average Bonchev–Trinajstić information content (AvgIpc) is 2.38. The van der Waals surface area contributed by atoms with Gasteiger partial charge in [-0.2, -0.15) is 0 Å². The van der Waals surface area contributed by atoms with Gasteiger partial charge in [0.15, 0.2) is 0 Å². The number of sulfonamides is 2. The molecule has 0 atom stereocenters. The molecule has 0 aromatic heterocycles. The molecule has 0 saturated carbocycles. The summed E-state index contributed by atoms with van der Waals surface area (Å²) in [5.74, 6) is -1.05. The highest BCUT2D eigenvalue weighted by molar-refractivity contribution is 8.04. The molecule has 0 radical (unpaired) electrons. The molecule has 0 fully saturated rings. The zero-order chi connectivity index (χ0) is 16.1. The Labute approximate surface area is 124 Å². The van der Waals surface area contributed by atoms with Crippen LogP contribution in [0.5, 0.6) is 0 Å². The molecule has 0 spiro atoms. The molecule has 0 aliphatic heterocycles. The minimum Gasteiger partial charge on any atom is -0.351 e. The van der Waals surface area contributed by atoms with Crippen LogP contribution in [0.15, 0.2) is 47.4 Å². The predicted molar refractivity (Wildman–Crippen MR) is 78.4 cm³/mol. The normalized spacial score (nSPS) is 11.9. The molecule has 1 aromatic carbocycles. The maximum absolute atomic E-state index is 11.9. The Morgan fingerprint density at radius 3 is 2.24 bits per heavy atom. The Morgan fingerprint density at radius 2 is 1.71 bits per heavy atom. The summed E-state index contributed by atoms with van der Waals surface area (Å²) in [7, 11) is -8.24. The molecule has 1 aromatic rings. The number of nitrogens with one attached hydrogen (secondary N) is 2. The molecule has 1 rings (SSSR count). The van der Waals surface area contributed by atoms with Gasteiger partial charge in [-0.05, 0) is 19.1 Å². The summed E-state index contributed by atoms with van der Waals surface area (Å²) in [4.78, 5) is 11.0. The highest BCUT2D eigenvalue weighted by Gasteiger charge is 2.22. The molecule has 0 aliphatic carbocycles. The van der Waals surface area contributed by atoms with E-state index in [0.29, 0.717) is 0 Å². The summed E-state index contributed by atoms with van der Waals surface area (Å²) in [6.07, 6.45) is 0. The lowest BCUT2D eigenvalue weighted by Gasteiger charge is -2.08. The van der Waals surface area contributed by atoms with Crippen LogP contribution in [0.25, 0.3) is 0 Å². The first kappa shape index (κ1) is 17.3. The van der Waals surface area contributed by atoms with Crippen LogP contribution in [0, 0.1) is 0 Å². The van der Waals surface area contributed by atoms with Crippen LogP contribution in [-0.2, 0) is 24.8 Å². The van der Waals surface area contributed by atoms with Gasteiger partial charge in [0.1, 0.15) is 0 Å². The molecule has 2 N–H and O–H groups in total. The second kappa shape index (κ2) is 6.83. The first-order chi connectivity index (χ1) is 9.64. The first-order valence-corrected chi connectivity index (χ1v) is 9.03. The second-order valence-electron chi connectivity index (χ2n) is 4.25. The van der Waals surface area contributed by atoms with Gasteiger partial charge in [-0.15, -0.1) is 4.13 Å². The number of benzene rings is 1. The summed E-state index contributed by atoms with van der Waals surface area (Å²) < 4.78 is 48.8. The van der Waals surface area contributed by atoms with Crippen molar-refractivity contribution in [1.82, 2.24) is 9.44 Å². The summed E-state index contributed by atoms with van der Waals surface area (Å²) in [6.45, 7) is 4.65. The number of amides is 1. The van der Waals surface area contributed by atoms with E-state index in [0.717, 1.165) is 0 Å². The van der Waals surface area contributed by atoms with Crippen LogP contribution in [0.4, 0.5) is 0 Å². The van der Waals surface area contributed by atoms with Crippen molar-refractivity contribution >= 4 is 26.0 Å². The lowest BCUT2D eigenvalue weighted by molar-refractivity contribution is -0.117. The minimum atomic E-state index is -4.15. The third kappa shape index (κ3) is 5.66. The number of hydrogen-bond acceptors (Lipinski definition) is 5. The molecule has 0 aliphatic rings. The molecular formula is C12H16N2O5S2. The zero-order valence-corrected chi connectivity index (χ0v) is 13.0. The summed E-state index contributed by atoms with van der Waals surface area (Å²) >= 11 is 0. The third-order valence-electron chi connectivity index (χ3n) is 2.33. The van der Waals surface area contributed by atoms with Crippen LogP contribution in [-0.4, -0.2) is 35.0 Å². The minimum absolute atomic E-state index is 0.153. The highest BCUT2D eigenvalue weighted by atomic mass is 32.3. The van der Waals surface area contributed by atoms with Crippen LogP contribution >= 0.6 is 0 Å². The number of carbonyl (C=O) groups is 1. The molecule has 0 unspecified atom stereocenters. The van der Waals surface area contributed by atoms with Crippen molar-refractivity contribution in [2.75, 3.05) is 12.3 Å². The van der Waals surface area contributed by atoms with Gasteiger partial charge in [-0.1, -0.05) is 24.8 Å². The van der Waals surface area contributed by atoms with Crippen molar-refractivity contribution in [2.45, 2.75) is 11.8 Å². The first-order valence-electron chi connectivity index (χ1n) is 5.89. The average molecular weight is 332 g/mol. The van der Waals surface area contributed by atoms with Gasteiger partial charge < -0.3 is 5.32 Å². The largest absolute Gasteiger partial charge is 0.351 e. The summed E-state index contributed by atoms with van der Waals surface area (Å²) in [6, 6.07) is 7.13. The molecule has 0 heterocycles. The second-order valence-corrected chi connectivity index (χ2v) is 8.04. The topological polar surface area (TPSA) is 109 Å². The van der Waals surface area contributed by atoms with E-state index in [9.17, 15) is 21.6 Å². The van der Waals surface area contributed by atoms with E-state index in [1.165, 1.54) is 31.2 Å². The number of hydrogen-bond donors (Lipinski definition) is 2. The number of rotatable bonds is 7. The van der Waals surface area contributed by atoms with Gasteiger partial charge in [-0.3, -0.25) is 4.79 Å². The molecule has 21 heavy (non-hydrogen) atoms. The standard InChI is InChI=1S/C12H16N2O5S2/c1-10(2)12(15)13-8-9-20(16,17)14-21(18,19)11-6-4-3-5-7-11/h3-7,14H,1,8-9H2,2H3,(H,13,15). The summed E-state index contributed by atoms with van der Waals surface area (Å²) in [5, 5.41) is 2.31. The molecule has 7 nitrogen and oxygen atoms in total. The van der Waals surface area contributed by atoms with Gasteiger partial charge in [0.05, 0.1) is 10.6 Å². The van der Waals surface area contributed by atoms with Crippen LogP contribution in [0.3, 0.4) is 0 Å². The molecular weight excluding hydrogens is 316 g/mol. The van der Waals surface area contributed by atoms with Gasteiger partial charge in [0.2, 0.25) is 15.9 Å². The molecule has 1 amide bonds. The monoisotopic (exact) mass is 332 g/mol. The van der Waals surface area contributed by atoms with Crippen molar-refractivity contribution in [1.29, 1.82) is 0 Å². The molecule has 0 bridgehead atoms. The van der Waals surface area contributed by atoms with E-state index in [-0.39, 0.29) is 17.0 Å². The lowest BCUT2D eigenvalue weighted by atomic mass is 10.3. The maximum atomic E-state index is 11.9. The Balaban J connectivity index is 2.69. The van der Waals surface area contributed by atoms with Crippen molar-refractivity contribution in [3.63, 3.8) is 0 Å². The number of carbonyl (C=O) groups excluding carboxylic acids is 1.